The van der Waals surface area contributed by atoms with Gasteiger partial charge in [-0.05, 0) is 25.7 Å². The molecule has 112 valence electrons. The average molecular weight is 276 g/mol. The van der Waals surface area contributed by atoms with Crippen LogP contribution in [0, 0.1) is 0 Å². The highest BCUT2D eigenvalue weighted by molar-refractivity contribution is 5.66. The zero-order valence-electron chi connectivity index (χ0n) is 11.8. The number of hydrogen-bond donors (Lipinski definition) is 0. The Kier molecular flexibility index (Phi) is 12.5. The number of rotatable bonds is 12. The smallest absolute Gasteiger partial charge is 0.302 e. The van der Waals surface area contributed by atoms with E-state index < -0.39 is 0 Å². The van der Waals surface area contributed by atoms with Gasteiger partial charge in [0.2, 0.25) is 0 Å². The summed E-state index contributed by atoms with van der Waals surface area (Å²) in [6.07, 6.45) is 3.26. The topological polar surface area (TPSA) is 71.1 Å². The van der Waals surface area contributed by atoms with Crippen LogP contribution < -0.4 is 0 Å². The molecule has 0 aromatic heterocycles. The Morgan fingerprint density at radius 2 is 1.05 bits per heavy atom. The Bertz CT molecular complexity index is 217. The molecular formula is C13H24O6. The van der Waals surface area contributed by atoms with Crippen LogP contribution in [0.1, 0.15) is 39.5 Å². The maximum Gasteiger partial charge on any atom is 0.302 e. The first-order valence-electron chi connectivity index (χ1n) is 6.55. The number of ether oxygens (including phenoxy) is 4. The third-order valence-electron chi connectivity index (χ3n) is 2.14. The van der Waals surface area contributed by atoms with Crippen LogP contribution in [0.2, 0.25) is 0 Å². The lowest BCUT2D eigenvalue weighted by Gasteiger charge is -2.06. The van der Waals surface area contributed by atoms with Crippen molar-refractivity contribution < 1.29 is 28.5 Å². The van der Waals surface area contributed by atoms with Gasteiger partial charge in [0.15, 0.2) is 0 Å². The predicted molar refractivity (Wildman–Crippen MR) is 68.5 cm³/mol. The predicted octanol–water partition coefficient (Wildman–Crippen LogP) is 1.66. The Labute approximate surface area is 114 Å². The summed E-state index contributed by atoms with van der Waals surface area (Å²) >= 11 is 0. The van der Waals surface area contributed by atoms with Gasteiger partial charge in [-0.25, -0.2) is 0 Å². The fourth-order valence-corrected chi connectivity index (χ4v) is 1.22. The van der Waals surface area contributed by atoms with E-state index in [-0.39, 0.29) is 18.7 Å². The largest absolute Gasteiger partial charge is 0.466 e. The molecule has 0 heterocycles. The monoisotopic (exact) mass is 276 g/mol. The summed E-state index contributed by atoms with van der Waals surface area (Å²) in [6, 6.07) is 0. The Morgan fingerprint density at radius 3 is 1.42 bits per heavy atom. The molecule has 0 saturated heterocycles. The van der Waals surface area contributed by atoms with Crippen molar-refractivity contribution in [3.63, 3.8) is 0 Å². The van der Waals surface area contributed by atoms with E-state index in [1.165, 1.54) is 13.8 Å². The van der Waals surface area contributed by atoms with Crippen LogP contribution >= 0.6 is 0 Å². The van der Waals surface area contributed by atoms with Crippen LogP contribution in [-0.2, 0) is 28.5 Å². The van der Waals surface area contributed by atoms with Crippen LogP contribution in [0.3, 0.4) is 0 Å². The van der Waals surface area contributed by atoms with Crippen LogP contribution in [0.15, 0.2) is 0 Å². The van der Waals surface area contributed by atoms with E-state index in [4.69, 9.17) is 18.9 Å². The second-order valence-electron chi connectivity index (χ2n) is 4.03. The third-order valence-corrected chi connectivity index (χ3v) is 2.14. The molecule has 0 aliphatic rings. The first-order valence-corrected chi connectivity index (χ1v) is 6.55. The molecule has 0 radical (unpaired) electrons. The van der Waals surface area contributed by atoms with Gasteiger partial charge in [-0.1, -0.05) is 0 Å². The highest BCUT2D eigenvalue weighted by Crippen LogP contribution is 1.94. The minimum atomic E-state index is -0.252. The molecule has 0 amide bonds. The van der Waals surface area contributed by atoms with Crippen molar-refractivity contribution in [2.24, 2.45) is 0 Å². The number of hydrogen-bond acceptors (Lipinski definition) is 6. The van der Waals surface area contributed by atoms with E-state index in [0.717, 1.165) is 25.7 Å². The minimum Gasteiger partial charge on any atom is -0.466 e. The summed E-state index contributed by atoms with van der Waals surface area (Å²) in [5, 5.41) is 0. The molecule has 19 heavy (non-hydrogen) atoms. The molecule has 6 nitrogen and oxygen atoms in total. The van der Waals surface area contributed by atoms with Crippen LogP contribution in [0.5, 0.6) is 0 Å². The molecule has 0 aromatic carbocycles. The normalized spacial score (nSPS) is 10.2. The van der Waals surface area contributed by atoms with Crippen molar-refractivity contribution in [2.45, 2.75) is 39.5 Å². The number of unbranched alkanes of at least 4 members (excludes halogenated alkanes) is 2. The van der Waals surface area contributed by atoms with Gasteiger partial charge in [0.05, 0.1) is 13.2 Å². The van der Waals surface area contributed by atoms with E-state index in [0.29, 0.717) is 26.4 Å². The molecule has 0 aliphatic heterocycles. The summed E-state index contributed by atoms with van der Waals surface area (Å²) < 4.78 is 20.0. The van der Waals surface area contributed by atoms with Crippen LogP contribution in [-0.4, -0.2) is 45.2 Å². The summed E-state index contributed by atoms with van der Waals surface area (Å²) in [7, 11) is 0. The molecule has 0 rings (SSSR count). The summed E-state index contributed by atoms with van der Waals surface area (Å²) in [6.45, 7) is 5.12. The molecule has 0 atom stereocenters. The van der Waals surface area contributed by atoms with E-state index in [9.17, 15) is 9.59 Å². The Morgan fingerprint density at radius 1 is 0.684 bits per heavy atom. The molecule has 0 spiro atoms. The summed E-state index contributed by atoms with van der Waals surface area (Å²) in [5.74, 6) is -0.504. The second-order valence-corrected chi connectivity index (χ2v) is 4.03. The van der Waals surface area contributed by atoms with Crippen molar-refractivity contribution in [3.05, 3.63) is 0 Å². The number of carbonyl (C=O) groups is 2. The Hall–Kier alpha value is -1.14. The highest BCUT2D eigenvalue weighted by atomic mass is 16.7. The molecule has 0 N–H and O–H groups in total. The van der Waals surface area contributed by atoms with Gasteiger partial charge in [0, 0.05) is 27.1 Å². The first-order chi connectivity index (χ1) is 9.13. The maximum atomic E-state index is 10.5. The first kappa shape index (κ1) is 17.9. The number of carbonyl (C=O) groups excluding carboxylic acids is 2. The molecule has 0 unspecified atom stereocenters. The van der Waals surface area contributed by atoms with E-state index in [1.54, 1.807) is 0 Å². The van der Waals surface area contributed by atoms with Gasteiger partial charge in [0.25, 0.3) is 0 Å². The zero-order chi connectivity index (χ0) is 14.3. The lowest BCUT2D eigenvalue weighted by atomic mass is 10.3. The van der Waals surface area contributed by atoms with E-state index in [2.05, 4.69) is 0 Å². The Balaban J connectivity index is 2.99. The van der Waals surface area contributed by atoms with Gasteiger partial charge in [0.1, 0.15) is 6.79 Å². The lowest BCUT2D eigenvalue weighted by molar-refractivity contribution is -0.142. The van der Waals surface area contributed by atoms with Gasteiger partial charge in [-0.15, -0.1) is 0 Å². The molecule has 6 heteroatoms. The maximum absolute atomic E-state index is 10.5. The molecule has 0 aliphatic carbocycles. The van der Waals surface area contributed by atoms with Gasteiger partial charge in [-0.2, -0.15) is 0 Å². The standard InChI is InChI=1S/C13H24O6/c1-12(14)18-9-5-3-7-16-11-17-8-4-6-10-19-13(2)15/h3-11H2,1-2H3. The molecular weight excluding hydrogens is 252 g/mol. The average Bonchev–Trinajstić information content (AvgIpc) is 2.34. The van der Waals surface area contributed by atoms with Crippen LogP contribution in [0.25, 0.3) is 0 Å². The summed E-state index contributed by atoms with van der Waals surface area (Å²) in [5.41, 5.74) is 0. The van der Waals surface area contributed by atoms with Crippen molar-refractivity contribution in [1.82, 2.24) is 0 Å². The van der Waals surface area contributed by atoms with E-state index in [1.807, 2.05) is 0 Å². The second kappa shape index (κ2) is 13.3. The van der Waals surface area contributed by atoms with Crippen LogP contribution in [0.4, 0.5) is 0 Å². The molecule has 0 saturated carbocycles. The number of esters is 2. The van der Waals surface area contributed by atoms with Gasteiger partial charge >= 0.3 is 11.9 Å². The fraction of sp³-hybridized carbons (Fsp3) is 0.846. The lowest BCUT2D eigenvalue weighted by Crippen LogP contribution is -2.06. The van der Waals surface area contributed by atoms with Gasteiger partial charge < -0.3 is 18.9 Å². The molecule has 0 bridgehead atoms. The molecule has 0 aromatic rings. The summed E-state index contributed by atoms with van der Waals surface area (Å²) in [4.78, 5) is 20.9. The van der Waals surface area contributed by atoms with Crippen molar-refractivity contribution in [2.75, 3.05) is 33.2 Å². The van der Waals surface area contributed by atoms with Gasteiger partial charge in [-0.3, -0.25) is 9.59 Å². The zero-order valence-corrected chi connectivity index (χ0v) is 11.8. The van der Waals surface area contributed by atoms with Crippen molar-refractivity contribution in [1.29, 1.82) is 0 Å². The van der Waals surface area contributed by atoms with E-state index >= 15 is 0 Å². The quantitative estimate of drug-likeness (QED) is 0.307. The SMILES string of the molecule is CC(=O)OCCCCOCOCCCCOC(C)=O. The third kappa shape index (κ3) is 16.9. The van der Waals surface area contributed by atoms with Crippen molar-refractivity contribution in [3.8, 4) is 0 Å². The molecule has 0 fully saturated rings. The van der Waals surface area contributed by atoms with Crippen molar-refractivity contribution >= 4 is 11.9 Å². The highest BCUT2D eigenvalue weighted by Gasteiger charge is 1.95. The minimum absolute atomic E-state index is 0.252. The fourth-order valence-electron chi connectivity index (χ4n) is 1.22.